The van der Waals surface area contributed by atoms with E-state index < -0.39 is 0 Å². The van der Waals surface area contributed by atoms with Crippen LogP contribution in [0, 0.1) is 0 Å². The van der Waals surface area contributed by atoms with Crippen molar-refractivity contribution in [3.05, 3.63) is 54.4 Å². The molecule has 0 bridgehead atoms. The number of carbonyl (C=O) groups is 2. The van der Waals surface area contributed by atoms with Crippen molar-refractivity contribution >= 4 is 17.5 Å². The first kappa shape index (κ1) is 20.4. The van der Waals surface area contributed by atoms with Crippen molar-refractivity contribution in [2.75, 3.05) is 18.5 Å². The van der Waals surface area contributed by atoms with E-state index in [1.807, 2.05) is 38.1 Å². The van der Waals surface area contributed by atoms with E-state index in [2.05, 4.69) is 17.2 Å². The lowest BCUT2D eigenvalue weighted by Gasteiger charge is -2.26. The molecule has 2 amide bonds. The number of rotatable bonds is 9. The molecule has 0 aliphatic heterocycles. The second-order valence-electron chi connectivity index (χ2n) is 6.59. The van der Waals surface area contributed by atoms with Crippen molar-refractivity contribution in [3.63, 3.8) is 0 Å². The Bertz CT molecular complexity index is 730. The van der Waals surface area contributed by atoms with E-state index in [0.29, 0.717) is 11.4 Å². The van der Waals surface area contributed by atoms with Crippen molar-refractivity contribution in [2.45, 2.75) is 39.7 Å². The quantitative estimate of drug-likeness (QED) is 0.736. The zero-order valence-electron chi connectivity index (χ0n) is 16.1. The van der Waals surface area contributed by atoms with Crippen LogP contribution in [0.5, 0.6) is 5.75 Å². The lowest BCUT2D eigenvalue weighted by atomic mass is 10.1. The molecule has 6 heteroatoms. The van der Waals surface area contributed by atoms with Gasteiger partial charge in [-0.2, -0.15) is 0 Å². The molecule has 1 heterocycles. The molecule has 27 heavy (non-hydrogen) atoms. The maximum Gasteiger partial charge on any atom is 0.261 e. The van der Waals surface area contributed by atoms with Crippen LogP contribution in [0.3, 0.4) is 0 Å². The monoisotopic (exact) mass is 369 g/mol. The smallest absolute Gasteiger partial charge is 0.261 e. The Hall–Kier alpha value is -2.89. The van der Waals surface area contributed by atoms with Gasteiger partial charge in [-0.05, 0) is 50.1 Å². The summed E-state index contributed by atoms with van der Waals surface area (Å²) in [4.78, 5) is 30.2. The van der Waals surface area contributed by atoms with Crippen LogP contribution in [-0.2, 0) is 16.0 Å². The average molecular weight is 369 g/mol. The first-order valence-corrected chi connectivity index (χ1v) is 9.20. The molecule has 0 saturated heterocycles. The molecule has 2 aromatic rings. The lowest BCUT2D eigenvalue weighted by molar-refractivity contribution is -0.138. The van der Waals surface area contributed by atoms with Gasteiger partial charge in [0.25, 0.3) is 5.91 Å². The van der Waals surface area contributed by atoms with Gasteiger partial charge in [-0.3, -0.25) is 14.6 Å². The van der Waals surface area contributed by atoms with E-state index in [4.69, 9.17) is 4.74 Å². The maximum absolute atomic E-state index is 12.5. The number of amides is 2. The molecule has 0 aliphatic carbocycles. The lowest BCUT2D eigenvalue weighted by Crippen LogP contribution is -2.44. The summed E-state index contributed by atoms with van der Waals surface area (Å²) in [5, 5.41) is 2.74. The Kier molecular flexibility index (Phi) is 7.79. The number of carbonyl (C=O) groups excluding carboxylic acids is 2. The van der Waals surface area contributed by atoms with Crippen molar-refractivity contribution in [2.24, 2.45) is 0 Å². The topological polar surface area (TPSA) is 71.5 Å². The summed E-state index contributed by atoms with van der Waals surface area (Å²) in [5.74, 6) is 0.143. The summed E-state index contributed by atoms with van der Waals surface area (Å²) in [7, 11) is 0. The highest BCUT2D eigenvalue weighted by Gasteiger charge is 2.20. The highest BCUT2D eigenvalue weighted by molar-refractivity contribution is 5.94. The van der Waals surface area contributed by atoms with Gasteiger partial charge in [0.1, 0.15) is 12.3 Å². The number of anilines is 1. The molecule has 6 nitrogen and oxygen atoms in total. The van der Waals surface area contributed by atoms with Gasteiger partial charge in [0.05, 0.1) is 11.9 Å². The molecule has 0 fully saturated rings. The van der Waals surface area contributed by atoms with E-state index in [0.717, 1.165) is 12.8 Å². The normalized spacial score (nSPS) is 10.5. The van der Waals surface area contributed by atoms with Crippen LogP contribution in [0.25, 0.3) is 0 Å². The third-order valence-electron chi connectivity index (χ3n) is 4.03. The van der Waals surface area contributed by atoms with Crippen molar-refractivity contribution in [1.29, 1.82) is 0 Å². The fourth-order valence-electron chi connectivity index (χ4n) is 2.62. The van der Waals surface area contributed by atoms with Crippen LogP contribution in [0.2, 0.25) is 0 Å². The highest BCUT2D eigenvalue weighted by atomic mass is 16.5. The number of benzene rings is 1. The largest absolute Gasteiger partial charge is 0.484 e. The molecule has 0 atom stereocenters. The van der Waals surface area contributed by atoms with E-state index in [1.54, 1.807) is 24.5 Å². The molecular formula is C21H27N3O3. The van der Waals surface area contributed by atoms with Gasteiger partial charge in [0, 0.05) is 12.2 Å². The molecule has 0 aliphatic rings. The Labute approximate surface area is 160 Å². The van der Waals surface area contributed by atoms with E-state index >= 15 is 0 Å². The number of aromatic nitrogens is 1. The maximum atomic E-state index is 12.5. The summed E-state index contributed by atoms with van der Waals surface area (Å²) < 4.78 is 5.60. The zero-order chi connectivity index (χ0) is 19.6. The molecule has 2 rings (SSSR count). The first-order chi connectivity index (χ1) is 13.0. The number of aryl methyl sites for hydroxylation is 1. The van der Waals surface area contributed by atoms with Crippen molar-refractivity contribution in [1.82, 2.24) is 9.88 Å². The summed E-state index contributed by atoms with van der Waals surface area (Å²) >= 11 is 0. The minimum absolute atomic E-state index is 0.0375. The van der Waals surface area contributed by atoms with E-state index in [1.165, 1.54) is 10.5 Å². The van der Waals surface area contributed by atoms with E-state index in [9.17, 15) is 9.59 Å². The third kappa shape index (κ3) is 6.73. The highest BCUT2D eigenvalue weighted by Crippen LogP contribution is 2.14. The summed E-state index contributed by atoms with van der Waals surface area (Å²) in [6.07, 6.45) is 5.30. The van der Waals surface area contributed by atoms with Gasteiger partial charge in [-0.15, -0.1) is 0 Å². The Balaban J connectivity index is 1.89. The van der Waals surface area contributed by atoms with Gasteiger partial charge >= 0.3 is 0 Å². The standard InChI is InChI=1S/C21H27N3O3/c1-4-6-17-8-10-19(11-9-17)27-15-21(26)24(16(2)3)14-20(25)23-18-7-5-12-22-13-18/h5,7-13,16H,4,6,14-15H2,1-3H3,(H,23,25). The molecule has 1 N–H and O–H groups in total. The number of hydrogen-bond donors (Lipinski definition) is 1. The van der Waals surface area contributed by atoms with Gasteiger partial charge in [0.15, 0.2) is 6.61 Å². The minimum atomic E-state index is -0.269. The van der Waals surface area contributed by atoms with Gasteiger partial charge in [0.2, 0.25) is 5.91 Å². The zero-order valence-corrected chi connectivity index (χ0v) is 16.1. The summed E-state index contributed by atoms with van der Waals surface area (Å²) in [5.41, 5.74) is 1.84. The predicted octanol–water partition coefficient (Wildman–Crippen LogP) is 3.29. The van der Waals surface area contributed by atoms with Crippen molar-refractivity contribution in [3.8, 4) is 5.75 Å². The van der Waals surface area contributed by atoms with Crippen LogP contribution in [0.4, 0.5) is 5.69 Å². The van der Waals surface area contributed by atoms with E-state index in [-0.39, 0.29) is 31.0 Å². The Morgan fingerprint density at radius 3 is 2.52 bits per heavy atom. The summed E-state index contributed by atoms with van der Waals surface area (Å²) in [6.45, 7) is 5.73. The van der Waals surface area contributed by atoms with Crippen LogP contribution < -0.4 is 10.1 Å². The number of nitrogens with one attached hydrogen (secondary N) is 1. The molecular weight excluding hydrogens is 342 g/mol. The SMILES string of the molecule is CCCc1ccc(OCC(=O)N(CC(=O)Nc2cccnc2)C(C)C)cc1. The second kappa shape index (κ2) is 10.3. The number of hydrogen-bond acceptors (Lipinski definition) is 4. The molecule has 1 aromatic heterocycles. The fourth-order valence-corrected chi connectivity index (χ4v) is 2.62. The van der Waals surface area contributed by atoms with Gasteiger partial charge in [-0.1, -0.05) is 25.5 Å². The third-order valence-corrected chi connectivity index (χ3v) is 4.03. The molecule has 144 valence electrons. The van der Waals surface area contributed by atoms with Crippen LogP contribution in [-0.4, -0.2) is 40.9 Å². The molecule has 1 aromatic carbocycles. The number of nitrogens with zero attached hydrogens (tertiary/aromatic N) is 2. The van der Waals surface area contributed by atoms with Crippen LogP contribution >= 0.6 is 0 Å². The van der Waals surface area contributed by atoms with Gasteiger partial charge < -0.3 is 15.0 Å². The average Bonchev–Trinajstić information content (AvgIpc) is 2.66. The molecule has 0 saturated carbocycles. The minimum Gasteiger partial charge on any atom is -0.484 e. The second-order valence-corrected chi connectivity index (χ2v) is 6.59. The molecule has 0 spiro atoms. The van der Waals surface area contributed by atoms with Crippen LogP contribution in [0.1, 0.15) is 32.8 Å². The Morgan fingerprint density at radius 2 is 1.93 bits per heavy atom. The molecule has 0 unspecified atom stereocenters. The molecule has 0 radical (unpaired) electrons. The first-order valence-electron chi connectivity index (χ1n) is 9.20. The predicted molar refractivity (Wildman–Crippen MR) is 106 cm³/mol. The fraction of sp³-hybridized carbons (Fsp3) is 0.381. The summed E-state index contributed by atoms with van der Waals surface area (Å²) in [6, 6.07) is 11.1. The van der Waals surface area contributed by atoms with Crippen LogP contribution in [0.15, 0.2) is 48.8 Å². The number of pyridine rings is 1. The number of ether oxygens (including phenoxy) is 1. The van der Waals surface area contributed by atoms with Gasteiger partial charge in [-0.25, -0.2) is 0 Å². The Morgan fingerprint density at radius 1 is 1.19 bits per heavy atom. The van der Waals surface area contributed by atoms with Crippen molar-refractivity contribution < 1.29 is 14.3 Å².